The van der Waals surface area contributed by atoms with E-state index in [-0.39, 0.29) is 11.5 Å². The minimum absolute atomic E-state index is 0.0175. The van der Waals surface area contributed by atoms with Crippen molar-refractivity contribution in [2.75, 3.05) is 0 Å². The molecule has 0 amide bonds. The van der Waals surface area contributed by atoms with Gasteiger partial charge in [-0.05, 0) is 50.8 Å². The first-order chi connectivity index (χ1) is 10.9. The lowest BCUT2D eigenvalue weighted by atomic mass is 9.85. The molecule has 1 aliphatic heterocycles. The van der Waals surface area contributed by atoms with Gasteiger partial charge in [-0.2, -0.15) is 0 Å². The molecule has 1 aromatic rings. The number of halogens is 1. The van der Waals surface area contributed by atoms with Crippen LogP contribution in [0.5, 0.6) is 0 Å². The number of rotatable bonds is 2. The van der Waals surface area contributed by atoms with Crippen molar-refractivity contribution in [3.05, 3.63) is 39.9 Å². The summed E-state index contributed by atoms with van der Waals surface area (Å²) < 4.78 is 1.06. The molecule has 2 aliphatic rings. The zero-order valence-corrected chi connectivity index (χ0v) is 15.7. The molecule has 23 heavy (non-hydrogen) atoms. The number of ketones is 1. The van der Waals surface area contributed by atoms with Gasteiger partial charge in [-0.3, -0.25) is 4.79 Å². The highest BCUT2D eigenvalue weighted by Gasteiger charge is 2.29. The highest BCUT2D eigenvalue weighted by molar-refractivity contribution is 9.10. The molecule has 0 spiro atoms. The van der Waals surface area contributed by atoms with Gasteiger partial charge in [-0.1, -0.05) is 47.7 Å². The van der Waals surface area contributed by atoms with Gasteiger partial charge in [0, 0.05) is 33.3 Å². The average molecular weight is 376 g/mol. The van der Waals surface area contributed by atoms with Gasteiger partial charge in [-0.25, -0.2) is 0 Å². The zero-order chi connectivity index (χ0) is 16.4. The van der Waals surface area contributed by atoms with E-state index in [0.29, 0.717) is 5.78 Å². The van der Waals surface area contributed by atoms with E-state index in [0.717, 1.165) is 29.4 Å². The first kappa shape index (κ1) is 16.8. The van der Waals surface area contributed by atoms with Gasteiger partial charge in [0.15, 0.2) is 5.78 Å². The molecule has 0 bridgehead atoms. The summed E-state index contributed by atoms with van der Waals surface area (Å²) in [6.07, 6.45) is 9.91. The number of benzene rings is 1. The van der Waals surface area contributed by atoms with E-state index in [4.69, 9.17) is 0 Å². The van der Waals surface area contributed by atoms with Crippen LogP contribution >= 0.6 is 15.9 Å². The largest absolute Gasteiger partial charge is 0.379 e. The molecule has 0 radical (unpaired) electrons. The highest BCUT2D eigenvalue weighted by Crippen LogP contribution is 2.32. The second-order valence-electron chi connectivity index (χ2n) is 7.64. The van der Waals surface area contributed by atoms with Crippen molar-refractivity contribution in [2.24, 2.45) is 5.92 Å². The minimum Gasteiger partial charge on any atom is -0.379 e. The summed E-state index contributed by atoms with van der Waals surface area (Å²) in [5, 5.41) is 3.58. The Morgan fingerprint density at radius 2 is 1.91 bits per heavy atom. The summed E-state index contributed by atoms with van der Waals surface area (Å²) in [7, 11) is 0. The molecule has 3 heteroatoms. The van der Waals surface area contributed by atoms with Gasteiger partial charge < -0.3 is 5.32 Å². The van der Waals surface area contributed by atoms with Gasteiger partial charge >= 0.3 is 0 Å². The van der Waals surface area contributed by atoms with Crippen LogP contribution in [-0.2, 0) is 11.2 Å². The van der Waals surface area contributed by atoms with Crippen molar-refractivity contribution in [2.45, 2.75) is 64.3 Å². The first-order valence-electron chi connectivity index (χ1n) is 8.77. The maximum Gasteiger partial charge on any atom is 0.160 e. The summed E-state index contributed by atoms with van der Waals surface area (Å²) in [5.74, 6) is 0.519. The second kappa shape index (κ2) is 6.80. The average Bonchev–Trinajstić information content (AvgIpc) is 2.76. The Bertz CT molecular complexity index is 625. The van der Waals surface area contributed by atoms with Crippen molar-refractivity contribution >= 4 is 27.4 Å². The fourth-order valence-electron chi connectivity index (χ4n) is 3.84. The predicted octanol–water partition coefficient (Wildman–Crippen LogP) is 5.25. The van der Waals surface area contributed by atoms with Crippen LogP contribution in [0.1, 0.15) is 63.5 Å². The summed E-state index contributed by atoms with van der Waals surface area (Å²) in [4.78, 5) is 12.8. The number of nitrogens with one attached hydrogen (secondary N) is 1. The van der Waals surface area contributed by atoms with Gasteiger partial charge in [0.05, 0.1) is 0 Å². The standard InChI is InChI=1S/C20H26BrNO/c1-20(2)13-15-9-10-16(21)11-17(15)18(22-20)12-19(23)14-7-5-3-4-6-8-14/h9-12,14,22H,3-8,13H2,1-2H3. The van der Waals surface area contributed by atoms with E-state index < -0.39 is 0 Å². The summed E-state index contributed by atoms with van der Waals surface area (Å²) in [6, 6.07) is 6.39. The van der Waals surface area contributed by atoms with Gasteiger partial charge in [0.2, 0.25) is 0 Å². The van der Waals surface area contributed by atoms with Crippen LogP contribution in [0.25, 0.3) is 5.70 Å². The van der Waals surface area contributed by atoms with Crippen LogP contribution in [-0.4, -0.2) is 11.3 Å². The monoisotopic (exact) mass is 375 g/mol. The minimum atomic E-state index is -0.0175. The first-order valence-corrected chi connectivity index (χ1v) is 9.56. The van der Waals surface area contributed by atoms with E-state index in [1.807, 2.05) is 6.08 Å². The highest BCUT2D eigenvalue weighted by atomic mass is 79.9. The van der Waals surface area contributed by atoms with E-state index in [1.165, 1.54) is 36.8 Å². The number of carbonyl (C=O) groups excluding carboxylic acids is 1. The van der Waals surface area contributed by atoms with Crippen molar-refractivity contribution < 1.29 is 4.79 Å². The number of hydrogen-bond acceptors (Lipinski definition) is 2. The predicted molar refractivity (Wildman–Crippen MR) is 99.2 cm³/mol. The Morgan fingerprint density at radius 1 is 1.22 bits per heavy atom. The quantitative estimate of drug-likeness (QED) is 0.564. The molecular formula is C20H26BrNO. The Morgan fingerprint density at radius 3 is 2.61 bits per heavy atom. The molecule has 0 aromatic heterocycles. The van der Waals surface area contributed by atoms with Gasteiger partial charge in [0.25, 0.3) is 0 Å². The molecule has 2 nitrogen and oxygen atoms in total. The Hall–Kier alpha value is -1.09. The number of hydrogen-bond donors (Lipinski definition) is 1. The number of allylic oxidation sites excluding steroid dienone is 1. The Kier molecular flexibility index (Phi) is 4.96. The van der Waals surface area contributed by atoms with Crippen LogP contribution in [0, 0.1) is 5.92 Å². The fraction of sp³-hybridized carbons (Fsp3) is 0.550. The Balaban J connectivity index is 1.91. The van der Waals surface area contributed by atoms with Crippen LogP contribution < -0.4 is 5.32 Å². The molecule has 0 atom stereocenters. The molecule has 1 aromatic carbocycles. The van der Waals surface area contributed by atoms with Crippen LogP contribution in [0.4, 0.5) is 0 Å². The summed E-state index contributed by atoms with van der Waals surface area (Å²) in [6.45, 7) is 4.39. The van der Waals surface area contributed by atoms with E-state index in [9.17, 15) is 4.79 Å². The van der Waals surface area contributed by atoms with Crippen molar-refractivity contribution in [1.29, 1.82) is 0 Å². The van der Waals surface area contributed by atoms with Gasteiger partial charge in [-0.15, -0.1) is 0 Å². The van der Waals surface area contributed by atoms with Crippen molar-refractivity contribution in [1.82, 2.24) is 5.32 Å². The zero-order valence-electron chi connectivity index (χ0n) is 14.1. The molecule has 0 unspecified atom stereocenters. The molecule has 124 valence electrons. The maximum atomic E-state index is 12.8. The molecular weight excluding hydrogens is 350 g/mol. The lowest BCUT2D eigenvalue weighted by molar-refractivity contribution is -0.118. The lowest BCUT2D eigenvalue weighted by Gasteiger charge is -2.36. The lowest BCUT2D eigenvalue weighted by Crippen LogP contribution is -2.44. The van der Waals surface area contributed by atoms with E-state index in [2.05, 4.69) is 53.3 Å². The molecule has 1 aliphatic carbocycles. The van der Waals surface area contributed by atoms with E-state index in [1.54, 1.807) is 0 Å². The summed E-state index contributed by atoms with van der Waals surface area (Å²) >= 11 is 3.56. The smallest absolute Gasteiger partial charge is 0.160 e. The molecule has 1 N–H and O–H groups in total. The fourth-order valence-corrected chi connectivity index (χ4v) is 4.20. The summed E-state index contributed by atoms with van der Waals surface area (Å²) in [5.41, 5.74) is 3.46. The Labute approximate surface area is 147 Å². The van der Waals surface area contributed by atoms with Crippen LogP contribution in [0.2, 0.25) is 0 Å². The molecule has 1 heterocycles. The normalized spacial score (nSPS) is 23.0. The van der Waals surface area contributed by atoms with Crippen LogP contribution in [0.15, 0.2) is 28.7 Å². The third kappa shape index (κ3) is 4.06. The number of fused-ring (bicyclic) bond motifs is 1. The van der Waals surface area contributed by atoms with Crippen molar-refractivity contribution in [3.8, 4) is 0 Å². The van der Waals surface area contributed by atoms with E-state index >= 15 is 0 Å². The SMILES string of the molecule is CC1(C)Cc2ccc(Br)cc2C(=CC(=O)C2CCCCCC2)N1. The second-order valence-corrected chi connectivity index (χ2v) is 8.55. The molecule has 1 saturated carbocycles. The third-order valence-corrected chi connectivity index (χ3v) is 5.50. The third-order valence-electron chi connectivity index (χ3n) is 5.01. The number of carbonyl (C=O) groups is 1. The molecule has 0 saturated heterocycles. The van der Waals surface area contributed by atoms with Crippen molar-refractivity contribution in [3.63, 3.8) is 0 Å². The van der Waals surface area contributed by atoms with Gasteiger partial charge in [0.1, 0.15) is 0 Å². The van der Waals surface area contributed by atoms with Crippen LogP contribution in [0.3, 0.4) is 0 Å². The maximum absolute atomic E-state index is 12.8. The molecule has 1 fully saturated rings. The molecule has 3 rings (SSSR count). The topological polar surface area (TPSA) is 29.1 Å².